The summed E-state index contributed by atoms with van der Waals surface area (Å²) in [6, 6.07) is 5.18. The van der Waals surface area contributed by atoms with Gasteiger partial charge in [-0.15, -0.1) is 0 Å². The van der Waals surface area contributed by atoms with Crippen molar-refractivity contribution in [3.63, 3.8) is 0 Å². The van der Waals surface area contributed by atoms with Crippen molar-refractivity contribution in [1.82, 2.24) is 9.29 Å². The van der Waals surface area contributed by atoms with Crippen LogP contribution in [-0.2, 0) is 27.4 Å². The van der Waals surface area contributed by atoms with Crippen LogP contribution in [0.4, 0.5) is 19.0 Å². The predicted octanol–water partition coefficient (Wildman–Crippen LogP) is 3.59. The molecule has 1 N–H and O–H groups in total. The lowest BCUT2D eigenvalue weighted by Gasteiger charge is -2.24. The third-order valence-electron chi connectivity index (χ3n) is 5.20. The maximum Gasteiger partial charge on any atom is 0.417 e. The molecule has 1 aliphatic rings. The van der Waals surface area contributed by atoms with Gasteiger partial charge in [-0.3, -0.25) is 4.79 Å². The number of aliphatic carboxylic acids is 1. The van der Waals surface area contributed by atoms with Crippen LogP contribution in [0.15, 0.2) is 35.4 Å². The van der Waals surface area contributed by atoms with Crippen molar-refractivity contribution in [2.24, 2.45) is 0 Å². The molecule has 1 saturated heterocycles. The number of hydrogen-bond donors (Lipinski definition) is 1. The topological polar surface area (TPSA) is 90.8 Å². The second-order valence-corrected chi connectivity index (χ2v) is 9.78. The van der Waals surface area contributed by atoms with E-state index in [0.717, 1.165) is 6.07 Å². The Bertz CT molecular complexity index is 1130. The Kier molecular flexibility index (Phi) is 7.01. The molecule has 0 saturated carbocycles. The number of halogens is 4. The standard InChI is InChI=1S/C20H21ClF3N3O4S/c1-13-3-4-16(9-14(13)10-18(28)29)32(30,31)27-6-2-5-26(7-8-27)19-17(21)11-15(12-25-19)20(22,23)24/h3-4,9,11-12H,2,5-8,10H2,1H3,(H,28,29). The van der Waals surface area contributed by atoms with E-state index in [2.05, 4.69) is 4.98 Å². The second-order valence-electron chi connectivity index (χ2n) is 7.43. The van der Waals surface area contributed by atoms with E-state index in [0.29, 0.717) is 30.3 Å². The number of sulfonamides is 1. The number of carboxylic acids is 1. The first-order valence-electron chi connectivity index (χ1n) is 9.69. The molecular formula is C20H21ClF3N3O4S. The minimum Gasteiger partial charge on any atom is -0.481 e. The minimum absolute atomic E-state index is 0.00140. The smallest absolute Gasteiger partial charge is 0.417 e. The average Bonchev–Trinajstić information content (AvgIpc) is 2.95. The van der Waals surface area contributed by atoms with E-state index in [4.69, 9.17) is 16.7 Å². The summed E-state index contributed by atoms with van der Waals surface area (Å²) in [4.78, 5) is 16.6. The molecule has 2 aromatic rings. The van der Waals surface area contributed by atoms with Gasteiger partial charge in [0.15, 0.2) is 0 Å². The molecular weight excluding hydrogens is 471 g/mol. The first-order valence-corrected chi connectivity index (χ1v) is 11.5. The summed E-state index contributed by atoms with van der Waals surface area (Å²) in [5, 5.41) is 8.89. The normalized spacial score (nSPS) is 16.1. The minimum atomic E-state index is -4.56. The van der Waals surface area contributed by atoms with Crippen LogP contribution in [-0.4, -0.2) is 55.0 Å². The van der Waals surface area contributed by atoms with Crippen LogP contribution in [0, 0.1) is 6.92 Å². The van der Waals surface area contributed by atoms with Crippen molar-refractivity contribution in [3.05, 3.63) is 52.2 Å². The second kappa shape index (κ2) is 9.24. The highest BCUT2D eigenvalue weighted by Gasteiger charge is 2.33. The lowest BCUT2D eigenvalue weighted by atomic mass is 10.1. The van der Waals surface area contributed by atoms with Crippen molar-refractivity contribution in [3.8, 4) is 0 Å². The average molecular weight is 492 g/mol. The Labute approximate surface area is 188 Å². The Morgan fingerprint density at radius 2 is 1.91 bits per heavy atom. The van der Waals surface area contributed by atoms with Gasteiger partial charge >= 0.3 is 12.1 Å². The summed E-state index contributed by atoms with van der Waals surface area (Å²) in [5.74, 6) is -0.896. The van der Waals surface area contributed by atoms with Crippen molar-refractivity contribution in [1.29, 1.82) is 0 Å². The Morgan fingerprint density at radius 3 is 2.53 bits per heavy atom. The van der Waals surface area contributed by atoms with Gasteiger partial charge in [0.25, 0.3) is 0 Å². The molecule has 7 nitrogen and oxygen atoms in total. The lowest BCUT2D eigenvalue weighted by molar-refractivity contribution is -0.138. The summed E-state index contributed by atoms with van der Waals surface area (Å²) in [7, 11) is -3.89. The first kappa shape index (κ1) is 24.3. The number of benzene rings is 1. The lowest BCUT2D eigenvalue weighted by Crippen LogP contribution is -2.35. The number of hydrogen-bond acceptors (Lipinski definition) is 5. The van der Waals surface area contributed by atoms with Crippen molar-refractivity contribution < 1.29 is 31.5 Å². The number of rotatable bonds is 5. The fourth-order valence-corrected chi connectivity index (χ4v) is 5.28. The number of aryl methyl sites for hydroxylation is 1. The van der Waals surface area contributed by atoms with E-state index >= 15 is 0 Å². The Morgan fingerprint density at radius 1 is 1.19 bits per heavy atom. The van der Waals surface area contributed by atoms with Gasteiger partial charge in [-0.1, -0.05) is 17.7 Å². The van der Waals surface area contributed by atoms with E-state index < -0.39 is 27.7 Å². The van der Waals surface area contributed by atoms with Gasteiger partial charge in [0.1, 0.15) is 5.82 Å². The van der Waals surface area contributed by atoms with Crippen molar-refractivity contribution >= 4 is 33.4 Å². The molecule has 0 radical (unpaired) electrons. The van der Waals surface area contributed by atoms with Gasteiger partial charge in [-0.2, -0.15) is 17.5 Å². The van der Waals surface area contributed by atoms with Crippen LogP contribution in [0.1, 0.15) is 23.1 Å². The monoisotopic (exact) mass is 491 g/mol. The molecule has 174 valence electrons. The van der Waals surface area contributed by atoms with E-state index in [1.165, 1.54) is 16.4 Å². The highest BCUT2D eigenvalue weighted by atomic mass is 35.5. The first-order chi connectivity index (χ1) is 14.9. The maximum absolute atomic E-state index is 13.1. The maximum atomic E-state index is 13.1. The molecule has 0 amide bonds. The summed E-state index contributed by atoms with van der Waals surface area (Å²) in [6.45, 7) is 2.52. The largest absolute Gasteiger partial charge is 0.481 e. The van der Waals surface area contributed by atoms with Gasteiger partial charge in [-0.25, -0.2) is 13.4 Å². The fourth-order valence-electron chi connectivity index (χ4n) is 3.48. The zero-order chi connectivity index (χ0) is 23.7. The molecule has 32 heavy (non-hydrogen) atoms. The SMILES string of the molecule is Cc1ccc(S(=O)(=O)N2CCCN(c3ncc(C(F)(F)F)cc3Cl)CC2)cc1CC(=O)O. The highest BCUT2D eigenvalue weighted by molar-refractivity contribution is 7.89. The molecule has 0 bridgehead atoms. The summed E-state index contributed by atoms with van der Waals surface area (Å²) in [5.41, 5.74) is 0.133. The molecule has 1 fully saturated rings. The number of pyridine rings is 1. The molecule has 0 unspecified atom stereocenters. The van der Waals surface area contributed by atoms with Crippen LogP contribution >= 0.6 is 11.6 Å². The van der Waals surface area contributed by atoms with Gasteiger partial charge in [-0.05, 0) is 42.7 Å². The van der Waals surface area contributed by atoms with Crippen molar-refractivity contribution in [2.45, 2.75) is 30.8 Å². The van der Waals surface area contributed by atoms with E-state index in [1.807, 2.05) is 0 Å². The molecule has 0 spiro atoms. The summed E-state index contributed by atoms with van der Waals surface area (Å²) >= 11 is 6.03. The Balaban J connectivity index is 1.80. The molecule has 3 rings (SSSR count). The fraction of sp³-hybridized carbons (Fsp3) is 0.400. The third kappa shape index (κ3) is 5.33. The molecule has 0 aliphatic carbocycles. The van der Waals surface area contributed by atoms with E-state index in [9.17, 15) is 26.4 Å². The zero-order valence-electron chi connectivity index (χ0n) is 17.1. The third-order valence-corrected chi connectivity index (χ3v) is 7.38. The van der Waals surface area contributed by atoms with E-state index in [-0.39, 0.29) is 41.8 Å². The molecule has 2 heterocycles. The molecule has 0 atom stereocenters. The number of nitrogens with zero attached hydrogens (tertiary/aromatic N) is 3. The van der Waals surface area contributed by atoms with Crippen LogP contribution in [0.25, 0.3) is 0 Å². The summed E-state index contributed by atoms with van der Waals surface area (Å²) in [6.07, 6.45) is -3.74. The molecule has 1 aliphatic heterocycles. The highest BCUT2D eigenvalue weighted by Crippen LogP contribution is 2.34. The van der Waals surface area contributed by atoms with Crippen LogP contribution in [0.2, 0.25) is 5.02 Å². The number of aromatic nitrogens is 1. The predicted molar refractivity (Wildman–Crippen MR) is 112 cm³/mol. The van der Waals surface area contributed by atoms with Gasteiger partial charge in [0.2, 0.25) is 10.0 Å². The number of alkyl halides is 3. The molecule has 12 heteroatoms. The van der Waals surface area contributed by atoms with Crippen LogP contribution < -0.4 is 4.90 Å². The number of carbonyl (C=O) groups is 1. The zero-order valence-corrected chi connectivity index (χ0v) is 18.6. The van der Waals surface area contributed by atoms with Crippen LogP contribution in [0.5, 0.6) is 0 Å². The molecule has 1 aromatic heterocycles. The summed E-state index contributed by atoms with van der Waals surface area (Å²) < 4.78 is 66.1. The van der Waals surface area contributed by atoms with Gasteiger partial charge < -0.3 is 10.0 Å². The number of anilines is 1. The van der Waals surface area contributed by atoms with Gasteiger partial charge in [0, 0.05) is 32.4 Å². The Hall–Kier alpha value is -2.37. The number of carboxylic acid groups (broad SMARTS) is 1. The van der Waals surface area contributed by atoms with Gasteiger partial charge in [0.05, 0.1) is 21.9 Å². The van der Waals surface area contributed by atoms with Crippen molar-refractivity contribution in [2.75, 3.05) is 31.1 Å². The van der Waals surface area contributed by atoms with E-state index in [1.54, 1.807) is 17.9 Å². The quantitative estimate of drug-likeness (QED) is 0.687. The molecule has 1 aromatic carbocycles. The van der Waals surface area contributed by atoms with Crippen LogP contribution in [0.3, 0.4) is 0 Å².